The van der Waals surface area contributed by atoms with Crippen LogP contribution >= 0.6 is 0 Å². The molecule has 0 amide bonds. The van der Waals surface area contributed by atoms with Gasteiger partial charge in [-0.1, -0.05) is 0 Å². The fourth-order valence-electron chi connectivity index (χ4n) is 0.185. The smallest absolute Gasteiger partial charge is 0.260 e. The van der Waals surface area contributed by atoms with Crippen LogP contribution in [0.2, 0.25) is 0 Å². The van der Waals surface area contributed by atoms with E-state index in [1.807, 2.05) is 0 Å². The third-order valence-corrected chi connectivity index (χ3v) is 0.531. The average Bonchev–Trinajstić information content (AvgIpc) is 2.25. The van der Waals surface area contributed by atoms with E-state index in [1.165, 1.54) is 0 Å². The molecule has 0 saturated carbocycles. The van der Waals surface area contributed by atoms with Crippen LogP contribution in [0, 0.1) is 0 Å². The molecule has 0 aromatic heterocycles. The molecule has 0 aliphatic heterocycles. The van der Waals surface area contributed by atoms with E-state index >= 15 is 0 Å². The van der Waals surface area contributed by atoms with Crippen LogP contribution in [0.15, 0.2) is 0 Å². The first-order valence-electron chi connectivity index (χ1n) is 2.70. The summed E-state index contributed by atoms with van der Waals surface area (Å²) in [5.41, 5.74) is 0. The SMILES string of the molecule is O=C(OO)OOOC(=O)OOC(=O)OO. The van der Waals surface area contributed by atoms with Gasteiger partial charge < -0.3 is 0 Å². The molecular weight excluding hydrogens is 228 g/mol. The van der Waals surface area contributed by atoms with Gasteiger partial charge in [-0.05, 0) is 0 Å². The Morgan fingerprint density at radius 3 is 1.60 bits per heavy atom. The minimum Gasteiger partial charge on any atom is -0.260 e. The molecule has 0 rings (SSSR count). The van der Waals surface area contributed by atoms with Crippen molar-refractivity contribution in [1.29, 1.82) is 0 Å². The molecule has 2 N–H and O–H groups in total. The molecule has 0 aliphatic rings. The molecule has 0 atom stereocenters. The van der Waals surface area contributed by atoms with E-state index < -0.39 is 18.5 Å². The van der Waals surface area contributed by atoms with Gasteiger partial charge in [0.05, 0.1) is 5.04 Å². The van der Waals surface area contributed by atoms with Crippen molar-refractivity contribution < 1.29 is 59.3 Å². The Bertz CT molecular complexity index is 231. The molecule has 0 saturated heterocycles. The number of hydrogen-bond donors (Lipinski definition) is 2. The van der Waals surface area contributed by atoms with Gasteiger partial charge in [0.25, 0.3) is 0 Å². The summed E-state index contributed by atoms with van der Waals surface area (Å²) in [6, 6.07) is 0. The Morgan fingerprint density at radius 2 is 1.07 bits per heavy atom. The summed E-state index contributed by atoms with van der Waals surface area (Å²) in [7, 11) is 0. The number of rotatable bonds is 2. The van der Waals surface area contributed by atoms with Crippen LogP contribution in [0.1, 0.15) is 0 Å². The van der Waals surface area contributed by atoms with Gasteiger partial charge in [0, 0.05) is 0 Å². The van der Waals surface area contributed by atoms with E-state index in [4.69, 9.17) is 10.5 Å². The standard InChI is InChI=1S/C3H2O12/c4-1(9-7)11-12-3(6)14-15-13-2(5)10-8/h7-8H. The molecule has 0 aliphatic carbocycles. The van der Waals surface area contributed by atoms with Gasteiger partial charge in [-0.25, -0.2) is 9.78 Å². The van der Waals surface area contributed by atoms with E-state index in [0.717, 1.165) is 0 Å². The van der Waals surface area contributed by atoms with Crippen LogP contribution < -0.4 is 0 Å². The van der Waals surface area contributed by atoms with Gasteiger partial charge in [-0.3, -0.25) is 9.78 Å². The minimum atomic E-state index is -1.80. The maximum atomic E-state index is 10.3. The second kappa shape index (κ2) is 7.13. The second-order valence-corrected chi connectivity index (χ2v) is 1.33. The Labute approximate surface area is 79.0 Å². The normalized spacial score (nSPS) is 8.40. The van der Waals surface area contributed by atoms with Gasteiger partial charge in [-0.2, -0.15) is 34.7 Å². The lowest BCUT2D eigenvalue weighted by atomic mass is 11.4. The van der Waals surface area contributed by atoms with E-state index in [1.54, 1.807) is 0 Å². The molecule has 0 unspecified atom stereocenters. The number of carbonyl (C=O) groups is 3. The van der Waals surface area contributed by atoms with Gasteiger partial charge in [-0.15, -0.1) is 0 Å². The zero-order valence-corrected chi connectivity index (χ0v) is 6.48. The third-order valence-electron chi connectivity index (χ3n) is 0.531. The van der Waals surface area contributed by atoms with Gasteiger partial charge in [0.1, 0.15) is 0 Å². The van der Waals surface area contributed by atoms with Crippen molar-refractivity contribution in [3.05, 3.63) is 0 Å². The predicted molar refractivity (Wildman–Crippen MR) is 29.0 cm³/mol. The monoisotopic (exact) mass is 230 g/mol. The molecule has 15 heavy (non-hydrogen) atoms. The number of carbonyl (C=O) groups excluding carboxylic acids is 3. The molecule has 12 heteroatoms. The lowest BCUT2D eigenvalue weighted by Crippen LogP contribution is -2.14. The first-order valence-corrected chi connectivity index (χ1v) is 2.70. The van der Waals surface area contributed by atoms with Gasteiger partial charge in [0.2, 0.25) is 0 Å². The zero-order chi connectivity index (χ0) is 11.7. The Morgan fingerprint density at radius 1 is 0.667 bits per heavy atom. The summed E-state index contributed by atoms with van der Waals surface area (Å²) in [5.74, 6) is 0. The predicted octanol–water partition coefficient (Wildman–Crippen LogP) is 0.154. The minimum absolute atomic E-state index is 1.75. The molecular formula is C3H2O12. The second-order valence-electron chi connectivity index (χ2n) is 1.33. The van der Waals surface area contributed by atoms with Gasteiger partial charge >= 0.3 is 18.5 Å². The highest BCUT2D eigenvalue weighted by atomic mass is 17.5. The topological polar surface area (TPSA) is 156 Å². The highest BCUT2D eigenvalue weighted by molar-refractivity contribution is 5.62. The largest absolute Gasteiger partial charge is 0.585 e. The van der Waals surface area contributed by atoms with Crippen LogP contribution in [0.5, 0.6) is 0 Å². The van der Waals surface area contributed by atoms with E-state index in [0.29, 0.717) is 0 Å². The summed E-state index contributed by atoms with van der Waals surface area (Å²) in [6.45, 7) is 0. The highest BCUT2D eigenvalue weighted by Gasteiger charge is 2.15. The van der Waals surface area contributed by atoms with Crippen molar-refractivity contribution in [2.75, 3.05) is 0 Å². The average molecular weight is 230 g/mol. The lowest BCUT2D eigenvalue weighted by Gasteiger charge is -1.99. The fourth-order valence-corrected chi connectivity index (χ4v) is 0.185. The van der Waals surface area contributed by atoms with Crippen LogP contribution in [0.3, 0.4) is 0 Å². The van der Waals surface area contributed by atoms with Crippen molar-refractivity contribution in [2.24, 2.45) is 0 Å². The summed E-state index contributed by atoms with van der Waals surface area (Å²) >= 11 is 0. The quantitative estimate of drug-likeness (QED) is 0.489. The van der Waals surface area contributed by atoms with E-state index in [9.17, 15) is 14.4 Å². The molecule has 86 valence electrons. The molecule has 0 spiro atoms. The third kappa shape index (κ3) is 6.82. The Hall–Kier alpha value is -2.31. The van der Waals surface area contributed by atoms with Gasteiger partial charge in [0.15, 0.2) is 0 Å². The highest BCUT2D eigenvalue weighted by Crippen LogP contribution is 1.92. The van der Waals surface area contributed by atoms with Crippen LogP contribution in [-0.4, -0.2) is 29.0 Å². The van der Waals surface area contributed by atoms with Crippen LogP contribution in [0.25, 0.3) is 0 Å². The summed E-state index contributed by atoms with van der Waals surface area (Å²) in [6.07, 6.45) is -5.33. The van der Waals surface area contributed by atoms with E-state index in [2.05, 4.69) is 34.4 Å². The first-order chi connectivity index (χ1) is 7.10. The summed E-state index contributed by atoms with van der Waals surface area (Å²) < 4.78 is 0. The van der Waals surface area contributed by atoms with Crippen LogP contribution in [0.4, 0.5) is 14.4 Å². The summed E-state index contributed by atoms with van der Waals surface area (Å²) in [4.78, 5) is 49.4. The van der Waals surface area contributed by atoms with E-state index in [-0.39, 0.29) is 0 Å². The Balaban J connectivity index is 3.49. The molecule has 0 aromatic rings. The van der Waals surface area contributed by atoms with Crippen molar-refractivity contribution in [3.8, 4) is 0 Å². The first kappa shape index (κ1) is 12.7. The lowest BCUT2D eigenvalue weighted by molar-refractivity contribution is -0.473. The maximum Gasteiger partial charge on any atom is 0.585 e. The van der Waals surface area contributed by atoms with Crippen molar-refractivity contribution in [3.63, 3.8) is 0 Å². The van der Waals surface area contributed by atoms with Crippen LogP contribution in [-0.2, 0) is 34.4 Å². The molecule has 0 fully saturated rings. The zero-order valence-electron chi connectivity index (χ0n) is 6.48. The molecule has 0 radical (unpaired) electrons. The molecule has 12 nitrogen and oxygen atoms in total. The fraction of sp³-hybridized carbons (Fsp3) is 0. The molecule has 0 aromatic carbocycles. The Kier molecular flexibility index (Phi) is 6.03. The summed E-state index contributed by atoms with van der Waals surface area (Å²) in [5, 5.41) is 18.5. The van der Waals surface area contributed by atoms with Crippen molar-refractivity contribution >= 4 is 18.5 Å². The maximum absolute atomic E-state index is 10.3. The van der Waals surface area contributed by atoms with Crippen molar-refractivity contribution in [1.82, 2.24) is 0 Å². The number of hydrogen-bond acceptors (Lipinski definition) is 12. The molecule has 0 heterocycles. The molecule has 0 bridgehead atoms. The van der Waals surface area contributed by atoms with Crippen molar-refractivity contribution in [2.45, 2.75) is 0 Å².